The van der Waals surface area contributed by atoms with Crippen LogP contribution < -0.4 is 0 Å². The molecule has 2 fully saturated rings. The molecule has 2 aliphatic rings. The molecule has 0 spiro atoms. The molecule has 1 nitrogen and oxygen atoms in total. The Morgan fingerprint density at radius 1 is 1.18 bits per heavy atom. The van der Waals surface area contributed by atoms with Crippen molar-refractivity contribution in [3.05, 3.63) is 35.4 Å². The first-order valence-corrected chi connectivity index (χ1v) is 7.12. The molecule has 2 bridgehead atoms. The largest absolute Gasteiger partial charge is 0.293 e. The monoisotopic (exact) mass is 249 g/mol. The van der Waals surface area contributed by atoms with Crippen molar-refractivity contribution in [2.24, 2.45) is 0 Å². The first-order chi connectivity index (χ1) is 8.24. The van der Waals surface area contributed by atoms with E-state index in [-0.39, 0.29) is 0 Å². The van der Waals surface area contributed by atoms with Crippen LogP contribution in [-0.2, 0) is 6.54 Å². The normalized spacial score (nSPS) is 32.9. The molecule has 92 valence electrons. The molecule has 17 heavy (non-hydrogen) atoms. The van der Waals surface area contributed by atoms with E-state index in [1.54, 1.807) is 0 Å². The molecule has 0 aliphatic carbocycles. The average molecular weight is 250 g/mol. The maximum Gasteiger partial charge on any atom is 0.0365 e. The SMILES string of the molecule is Cc1ccccc1CN1C2CCC1CC(Cl)C2. The Bertz CT molecular complexity index is 390. The molecular formula is C15H20ClN. The summed E-state index contributed by atoms with van der Waals surface area (Å²) in [4.78, 5) is 2.70. The third-order valence-corrected chi connectivity index (χ3v) is 4.80. The van der Waals surface area contributed by atoms with Crippen LogP contribution in [-0.4, -0.2) is 22.4 Å². The smallest absolute Gasteiger partial charge is 0.0365 e. The molecule has 0 radical (unpaired) electrons. The van der Waals surface area contributed by atoms with Crippen molar-refractivity contribution in [1.82, 2.24) is 4.90 Å². The highest BCUT2D eigenvalue weighted by Gasteiger charge is 2.39. The lowest BCUT2D eigenvalue weighted by Crippen LogP contribution is -2.42. The Kier molecular flexibility index (Phi) is 3.14. The highest BCUT2D eigenvalue weighted by atomic mass is 35.5. The van der Waals surface area contributed by atoms with Crippen LogP contribution in [0.1, 0.15) is 36.8 Å². The summed E-state index contributed by atoms with van der Waals surface area (Å²) in [5.41, 5.74) is 2.90. The summed E-state index contributed by atoms with van der Waals surface area (Å²) in [6, 6.07) is 10.2. The number of hydrogen-bond donors (Lipinski definition) is 0. The predicted molar refractivity (Wildman–Crippen MR) is 72.4 cm³/mol. The van der Waals surface area contributed by atoms with Gasteiger partial charge < -0.3 is 0 Å². The third-order valence-electron chi connectivity index (χ3n) is 4.44. The van der Waals surface area contributed by atoms with Gasteiger partial charge in [0.2, 0.25) is 0 Å². The zero-order valence-corrected chi connectivity index (χ0v) is 11.2. The quantitative estimate of drug-likeness (QED) is 0.722. The maximum atomic E-state index is 6.32. The zero-order chi connectivity index (χ0) is 11.8. The molecule has 0 N–H and O–H groups in total. The summed E-state index contributed by atoms with van der Waals surface area (Å²) in [6.07, 6.45) is 5.06. The van der Waals surface area contributed by atoms with Gasteiger partial charge >= 0.3 is 0 Å². The van der Waals surface area contributed by atoms with Crippen LogP contribution in [0.2, 0.25) is 0 Å². The summed E-state index contributed by atoms with van der Waals surface area (Å²) in [6.45, 7) is 3.33. The van der Waals surface area contributed by atoms with Crippen LogP contribution in [0.4, 0.5) is 0 Å². The van der Waals surface area contributed by atoms with Gasteiger partial charge in [0, 0.05) is 24.0 Å². The highest BCUT2D eigenvalue weighted by Crippen LogP contribution is 2.38. The van der Waals surface area contributed by atoms with Gasteiger partial charge in [-0.15, -0.1) is 11.6 Å². The number of benzene rings is 1. The van der Waals surface area contributed by atoms with Gasteiger partial charge in [0.1, 0.15) is 0 Å². The van der Waals surface area contributed by atoms with Gasteiger partial charge in [-0.25, -0.2) is 0 Å². The number of halogens is 1. The summed E-state index contributed by atoms with van der Waals surface area (Å²) in [5.74, 6) is 0. The van der Waals surface area contributed by atoms with E-state index in [4.69, 9.17) is 11.6 Å². The molecule has 1 aromatic rings. The van der Waals surface area contributed by atoms with Crippen LogP contribution in [0.5, 0.6) is 0 Å². The van der Waals surface area contributed by atoms with E-state index in [1.807, 2.05) is 0 Å². The molecule has 2 heterocycles. The predicted octanol–water partition coefficient (Wildman–Crippen LogP) is 3.73. The average Bonchev–Trinajstić information content (AvgIpc) is 2.56. The number of fused-ring (bicyclic) bond motifs is 2. The molecular weight excluding hydrogens is 230 g/mol. The minimum absolute atomic E-state index is 0.417. The maximum absolute atomic E-state index is 6.32. The van der Waals surface area contributed by atoms with Gasteiger partial charge in [-0.05, 0) is 43.7 Å². The Labute approximate surface area is 109 Å². The van der Waals surface area contributed by atoms with Crippen LogP contribution >= 0.6 is 11.6 Å². The summed E-state index contributed by atoms with van der Waals surface area (Å²) >= 11 is 6.32. The van der Waals surface area contributed by atoms with Crippen molar-refractivity contribution in [3.63, 3.8) is 0 Å². The van der Waals surface area contributed by atoms with Crippen molar-refractivity contribution >= 4 is 11.6 Å². The highest BCUT2D eigenvalue weighted by molar-refractivity contribution is 6.20. The zero-order valence-electron chi connectivity index (χ0n) is 10.4. The topological polar surface area (TPSA) is 3.24 Å². The molecule has 2 unspecified atom stereocenters. The minimum Gasteiger partial charge on any atom is -0.293 e. The fraction of sp³-hybridized carbons (Fsp3) is 0.600. The van der Waals surface area contributed by atoms with E-state index in [0.717, 1.165) is 18.6 Å². The third kappa shape index (κ3) is 2.23. The number of rotatable bonds is 2. The second-order valence-electron chi connectivity index (χ2n) is 5.55. The molecule has 0 saturated carbocycles. The van der Waals surface area contributed by atoms with Crippen molar-refractivity contribution in [1.29, 1.82) is 0 Å². The number of hydrogen-bond acceptors (Lipinski definition) is 1. The van der Waals surface area contributed by atoms with E-state index < -0.39 is 0 Å². The van der Waals surface area contributed by atoms with E-state index >= 15 is 0 Å². The van der Waals surface area contributed by atoms with Gasteiger partial charge in [-0.1, -0.05) is 24.3 Å². The molecule has 1 aromatic carbocycles. The number of alkyl halides is 1. The van der Waals surface area contributed by atoms with Crippen LogP contribution in [0.25, 0.3) is 0 Å². The van der Waals surface area contributed by atoms with Crippen molar-refractivity contribution in [3.8, 4) is 0 Å². The summed E-state index contributed by atoms with van der Waals surface area (Å²) in [5, 5.41) is 0.417. The first kappa shape index (κ1) is 11.6. The summed E-state index contributed by atoms with van der Waals surface area (Å²) in [7, 11) is 0. The Balaban J connectivity index is 1.76. The van der Waals surface area contributed by atoms with Gasteiger partial charge in [-0.2, -0.15) is 0 Å². The van der Waals surface area contributed by atoms with Gasteiger partial charge in [-0.3, -0.25) is 4.90 Å². The van der Waals surface area contributed by atoms with Crippen LogP contribution in [0.3, 0.4) is 0 Å². The Morgan fingerprint density at radius 2 is 1.82 bits per heavy atom. The lowest BCUT2D eigenvalue weighted by Gasteiger charge is -2.37. The van der Waals surface area contributed by atoms with Gasteiger partial charge in [0.15, 0.2) is 0 Å². The molecule has 3 rings (SSSR count). The molecule has 2 aliphatic heterocycles. The van der Waals surface area contributed by atoms with Crippen molar-refractivity contribution < 1.29 is 0 Å². The molecule has 0 amide bonds. The standard InChI is InChI=1S/C15H20ClN/c1-11-4-2-3-5-12(11)10-17-14-6-7-15(17)9-13(16)8-14/h2-5,13-15H,6-10H2,1H3. The van der Waals surface area contributed by atoms with Crippen molar-refractivity contribution in [2.45, 2.75) is 56.6 Å². The molecule has 2 atom stereocenters. The van der Waals surface area contributed by atoms with E-state index in [1.165, 1.54) is 36.8 Å². The summed E-state index contributed by atoms with van der Waals surface area (Å²) < 4.78 is 0. The Morgan fingerprint density at radius 3 is 2.47 bits per heavy atom. The van der Waals surface area contributed by atoms with E-state index in [9.17, 15) is 0 Å². The number of piperidine rings is 1. The second-order valence-corrected chi connectivity index (χ2v) is 6.17. The van der Waals surface area contributed by atoms with E-state index in [2.05, 4.69) is 36.1 Å². The Hall–Kier alpha value is -0.530. The van der Waals surface area contributed by atoms with Crippen LogP contribution in [0, 0.1) is 6.92 Å². The van der Waals surface area contributed by atoms with E-state index in [0.29, 0.717) is 5.38 Å². The van der Waals surface area contributed by atoms with Gasteiger partial charge in [0.05, 0.1) is 0 Å². The second kappa shape index (κ2) is 4.62. The van der Waals surface area contributed by atoms with Crippen LogP contribution in [0.15, 0.2) is 24.3 Å². The fourth-order valence-corrected chi connectivity index (χ4v) is 3.86. The molecule has 2 heteroatoms. The number of nitrogens with zero attached hydrogens (tertiary/aromatic N) is 1. The first-order valence-electron chi connectivity index (χ1n) is 6.68. The lowest BCUT2D eigenvalue weighted by molar-refractivity contribution is 0.134. The fourth-order valence-electron chi connectivity index (χ4n) is 3.45. The molecule has 0 aromatic heterocycles. The number of aryl methyl sites for hydroxylation is 1. The molecule has 2 saturated heterocycles. The van der Waals surface area contributed by atoms with Crippen molar-refractivity contribution in [2.75, 3.05) is 0 Å². The lowest BCUT2D eigenvalue weighted by atomic mass is 10.00. The minimum atomic E-state index is 0.417. The van der Waals surface area contributed by atoms with Gasteiger partial charge in [0.25, 0.3) is 0 Å².